The summed E-state index contributed by atoms with van der Waals surface area (Å²) in [4.78, 5) is 46.3. The van der Waals surface area contributed by atoms with Gasteiger partial charge >= 0.3 is 0 Å². The van der Waals surface area contributed by atoms with Crippen molar-refractivity contribution in [3.63, 3.8) is 0 Å². The SMILES string of the molecule is O=C(Nc1nc(C(=O)N2CCN(C(c3ccccc3)c3ccccc3)CC2)cs1)c1ccc(NC2CCCCC2)c([N+](=O)[O-])c1. The van der Waals surface area contributed by atoms with Gasteiger partial charge in [-0.05, 0) is 36.1 Å². The van der Waals surface area contributed by atoms with Crippen LogP contribution >= 0.6 is 11.3 Å². The maximum Gasteiger partial charge on any atom is 0.293 e. The van der Waals surface area contributed by atoms with Gasteiger partial charge < -0.3 is 10.2 Å². The van der Waals surface area contributed by atoms with Gasteiger partial charge in [-0.3, -0.25) is 29.9 Å². The Balaban J connectivity index is 1.08. The van der Waals surface area contributed by atoms with Crippen LogP contribution in [0.2, 0.25) is 0 Å². The van der Waals surface area contributed by atoms with Gasteiger partial charge in [0, 0.05) is 49.2 Å². The van der Waals surface area contributed by atoms with Crippen LogP contribution in [-0.4, -0.2) is 63.7 Å². The molecule has 2 amide bonds. The van der Waals surface area contributed by atoms with E-state index in [1.807, 2.05) is 12.1 Å². The minimum absolute atomic E-state index is 0.0960. The number of thiazole rings is 1. The van der Waals surface area contributed by atoms with E-state index in [4.69, 9.17) is 0 Å². The Kier molecular flexibility index (Phi) is 9.46. The number of anilines is 2. The lowest BCUT2D eigenvalue weighted by molar-refractivity contribution is -0.384. The summed E-state index contributed by atoms with van der Waals surface area (Å²) in [5.41, 5.74) is 3.13. The Bertz CT molecular complexity index is 1590. The molecule has 2 heterocycles. The van der Waals surface area contributed by atoms with Crippen LogP contribution in [0.3, 0.4) is 0 Å². The van der Waals surface area contributed by atoms with Crippen LogP contribution in [0.5, 0.6) is 0 Å². The van der Waals surface area contributed by atoms with E-state index in [0.717, 1.165) is 37.0 Å². The number of nitrogens with one attached hydrogen (secondary N) is 2. The maximum atomic E-state index is 13.4. The molecular formula is C34H36N6O4S. The minimum Gasteiger partial charge on any atom is -0.377 e. The standard InChI is InChI=1S/C34H36N6O4S/c41-32(26-16-17-28(30(22-26)40(43)44)35-27-14-8-3-9-15-27)37-34-36-29(23-45-34)33(42)39-20-18-38(19-21-39)31(24-10-4-1-5-11-24)25-12-6-2-7-13-25/h1-2,4-7,10-13,16-17,22-23,27,31,35H,3,8-9,14-15,18-21H2,(H,36,37,41). The molecule has 3 aromatic carbocycles. The van der Waals surface area contributed by atoms with Crippen LogP contribution in [0.4, 0.5) is 16.5 Å². The molecule has 11 heteroatoms. The zero-order chi connectivity index (χ0) is 31.2. The van der Waals surface area contributed by atoms with E-state index in [9.17, 15) is 19.7 Å². The van der Waals surface area contributed by atoms with Gasteiger partial charge in [0.1, 0.15) is 11.4 Å². The number of hydrogen-bond acceptors (Lipinski definition) is 8. The Labute approximate surface area is 266 Å². The van der Waals surface area contributed by atoms with E-state index in [-0.39, 0.29) is 40.1 Å². The summed E-state index contributed by atoms with van der Waals surface area (Å²) in [5.74, 6) is -0.701. The van der Waals surface area contributed by atoms with E-state index < -0.39 is 10.8 Å². The predicted octanol–water partition coefficient (Wildman–Crippen LogP) is 6.60. The number of piperazine rings is 1. The summed E-state index contributed by atoms with van der Waals surface area (Å²) in [6.07, 6.45) is 5.33. The number of benzene rings is 3. The molecule has 0 unspecified atom stereocenters. The predicted molar refractivity (Wildman–Crippen MR) is 176 cm³/mol. The molecule has 0 radical (unpaired) electrons. The molecule has 1 saturated carbocycles. The van der Waals surface area contributed by atoms with Crippen molar-refractivity contribution < 1.29 is 14.5 Å². The zero-order valence-electron chi connectivity index (χ0n) is 24.9. The lowest BCUT2D eigenvalue weighted by Crippen LogP contribution is -2.50. The normalized spacial score (nSPS) is 16.0. The van der Waals surface area contributed by atoms with E-state index in [2.05, 4.69) is 69.0 Å². The second kappa shape index (κ2) is 14.0. The summed E-state index contributed by atoms with van der Waals surface area (Å²) in [6.45, 7) is 2.52. The van der Waals surface area contributed by atoms with Gasteiger partial charge in [-0.25, -0.2) is 4.98 Å². The third kappa shape index (κ3) is 7.21. The number of nitro benzene ring substituents is 1. The Morgan fingerprint density at radius 2 is 1.53 bits per heavy atom. The Morgan fingerprint density at radius 1 is 0.889 bits per heavy atom. The summed E-state index contributed by atoms with van der Waals surface area (Å²) < 4.78 is 0. The highest BCUT2D eigenvalue weighted by molar-refractivity contribution is 7.14. The molecule has 1 aliphatic heterocycles. The third-order valence-electron chi connectivity index (χ3n) is 8.56. The van der Waals surface area contributed by atoms with Crippen LogP contribution in [-0.2, 0) is 0 Å². The average Bonchev–Trinajstić information content (AvgIpc) is 3.55. The minimum atomic E-state index is -0.517. The van der Waals surface area contributed by atoms with Gasteiger partial charge in [-0.1, -0.05) is 79.9 Å². The van der Waals surface area contributed by atoms with Crippen molar-refractivity contribution >= 4 is 39.7 Å². The molecule has 2 aliphatic rings. The number of nitrogens with zero attached hydrogens (tertiary/aromatic N) is 4. The number of carbonyl (C=O) groups excluding carboxylic acids is 2. The molecule has 6 rings (SSSR count). The molecule has 10 nitrogen and oxygen atoms in total. The number of nitro groups is 1. The smallest absolute Gasteiger partial charge is 0.293 e. The lowest BCUT2D eigenvalue weighted by Gasteiger charge is -2.39. The van der Waals surface area contributed by atoms with Crippen LogP contribution in [0, 0.1) is 10.1 Å². The van der Waals surface area contributed by atoms with Gasteiger partial charge in [0.2, 0.25) is 0 Å². The van der Waals surface area contributed by atoms with Crippen LogP contribution in [0.1, 0.15) is 70.1 Å². The molecule has 1 saturated heterocycles. The third-order valence-corrected chi connectivity index (χ3v) is 9.32. The Hall–Kier alpha value is -4.61. The molecule has 45 heavy (non-hydrogen) atoms. The molecule has 1 aromatic heterocycles. The van der Waals surface area contributed by atoms with Crippen molar-refractivity contribution in [2.24, 2.45) is 0 Å². The fourth-order valence-electron chi connectivity index (χ4n) is 6.24. The first-order valence-electron chi connectivity index (χ1n) is 15.4. The second-order valence-electron chi connectivity index (χ2n) is 11.5. The van der Waals surface area contributed by atoms with Crippen molar-refractivity contribution in [3.05, 3.63) is 117 Å². The molecule has 232 valence electrons. The molecule has 4 aromatic rings. The number of hydrogen-bond donors (Lipinski definition) is 2. The van der Waals surface area contributed by atoms with Crippen LogP contribution < -0.4 is 10.6 Å². The first-order chi connectivity index (χ1) is 22.0. The largest absolute Gasteiger partial charge is 0.377 e. The number of rotatable bonds is 9. The highest BCUT2D eigenvalue weighted by Crippen LogP contribution is 2.31. The quantitative estimate of drug-likeness (QED) is 0.159. The van der Waals surface area contributed by atoms with E-state index >= 15 is 0 Å². The molecule has 2 fully saturated rings. The van der Waals surface area contributed by atoms with Crippen molar-refractivity contribution in [1.29, 1.82) is 0 Å². The van der Waals surface area contributed by atoms with E-state index in [0.29, 0.717) is 31.9 Å². The monoisotopic (exact) mass is 624 g/mol. The molecular weight excluding hydrogens is 588 g/mol. The van der Waals surface area contributed by atoms with E-state index in [1.54, 1.807) is 22.4 Å². The fourth-order valence-corrected chi connectivity index (χ4v) is 6.92. The molecule has 1 aliphatic carbocycles. The summed E-state index contributed by atoms with van der Waals surface area (Å²) in [5, 5.41) is 19.7. The first kappa shape index (κ1) is 30.4. The number of amides is 2. The van der Waals surface area contributed by atoms with Crippen molar-refractivity contribution in [1.82, 2.24) is 14.8 Å². The second-order valence-corrected chi connectivity index (χ2v) is 12.4. The van der Waals surface area contributed by atoms with Crippen molar-refractivity contribution in [3.8, 4) is 0 Å². The van der Waals surface area contributed by atoms with Gasteiger partial charge in [-0.15, -0.1) is 11.3 Å². The molecule has 0 atom stereocenters. The fraction of sp³-hybridized carbons (Fsp3) is 0.324. The van der Waals surface area contributed by atoms with Crippen molar-refractivity contribution in [2.75, 3.05) is 36.8 Å². The van der Waals surface area contributed by atoms with Gasteiger partial charge in [0.05, 0.1) is 11.0 Å². The average molecular weight is 625 g/mol. The van der Waals surface area contributed by atoms with Crippen LogP contribution in [0.25, 0.3) is 0 Å². The van der Waals surface area contributed by atoms with Gasteiger partial charge in [0.15, 0.2) is 5.13 Å². The highest BCUT2D eigenvalue weighted by atomic mass is 32.1. The van der Waals surface area contributed by atoms with Crippen molar-refractivity contribution in [2.45, 2.75) is 44.2 Å². The first-order valence-corrected chi connectivity index (χ1v) is 16.3. The molecule has 0 bridgehead atoms. The lowest BCUT2D eigenvalue weighted by atomic mass is 9.95. The van der Waals surface area contributed by atoms with Gasteiger partial charge in [0.25, 0.3) is 17.5 Å². The maximum absolute atomic E-state index is 13.4. The van der Waals surface area contributed by atoms with Crippen LogP contribution in [0.15, 0.2) is 84.2 Å². The topological polar surface area (TPSA) is 121 Å². The highest BCUT2D eigenvalue weighted by Gasteiger charge is 2.29. The summed E-state index contributed by atoms with van der Waals surface area (Å²) in [7, 11) is 0. The molecule has 2 N–H and O–H groups in total. The summed E-state index contributed by atoms with van der Waals surface area (Å²) in [6, 6.07) is 25.5. The van der Waals surface area contributed by atoms with Gasteiger partial charge in [-0.2, -0.15) is 0 Å². The van der Waals surface area contributed by atoms with E-state index in [1.165, 1.54) is 23.6 Å². The number of carbonyl (C=O) groups is 2. The number of aromatic nitrogens is 1. The Morgan fingerprint density at radius 3 is 2.16 bits per heavy atom. The zero-order valence-corrected chi connectivity index (χ0v) is 25.7. The summed E-state index contributed by atoms with van der Waals surface area (Å²) >= 11 is 1.15. The molecule has 0 spiro atoms.